The third-order valence-corrected chi connectivity index (χ3v) is 3.19. The monoisotopic (exact) mass is 320 g/mol. The number of rotatable bonds is 2. The van der Waals surface area contributed by atoms with Gasteiger partial charge in [0.05, 0.1) is 10.6 Å². The molecule has 0 bridgehead atoms. The molecule has 1 aromatic rings. The second-order valence-corrected chi connectivity index (χ2v) is 5.11. The predicted octanol–water partition coefficient (Wildman–Crippen LogP) is 2.37. The van der Waals surface area contributed by atoms with E-state index >= 15 is 0 Å². The Bertz CT molecular complexity index is 538. The van der Waals surface area contributed by atoms with Gasteiger partial charge in [0.1, 0.15) is 5.82 Å². The largest absolute Gasteiger partial charge is 0.308 e. The van der Waals surface area contributed by atoms with Crippen molar-refractivity contribution in [2.75, 3.05) is 11.4 Å². The summed E-state index contributed by atoms with van der Waals surface area (Å²) in [4.78, 5) is 22.1. The lowest BCUT2D eigenvalue weighted by molar-refractivity contribution is -0.387. The normalized spacial score (nSPS) is 19.4. The number of anilines is 1. The number of hydrogen-bond acceptors (Lipinski definition) is 3. The molecular weight excluding hydrogens is 314 g/mol. The highest BCUT2D eigenvalue weighted by Gasteiger charge is 2.32. The minimum absolute atomic E-state index is 0.145. The molecule has 1 amide bonds. The molecule has 8 heteroatoms. The van der Waals surface area contributed by atoms with Gasteiger partial charge in [0.25, 0.3) is 0 Å². The molecular formula is C10H7BrF2N2O3. The fraction of sp³-hybridized carbons (Fsp3) is 0.300. The number of hydrogen-bond donors (Lipinski definition) is 0. The Balaban J connectivity index is 2.48. The van der Waals surface area contributed by atoms with Gasteiger partial charge in [-0.05, 0) is 0 Å². The number of nitro groups is 1. The summed E-state index contributed by atoms with van der Waals surface area (Å²) in [6, 6.07) is 1.16. The molecule has 0 N–H and O–H groups in total. The Hall–Kier alpha value is -1.57. The maximum absolute atomic E-state index is 13.6. The summed E-state index contributed by atoms with van der Waals surface area (Å²) in [5.41, 5.74) is -1.12. The van der Waals surface area contributed by atoms with E-state index in [2.05, 4.69) is 15.9 Å². The number of amides is 1. The molecule has 0 radical (unpaired) electrons. The van der Waals surface area contributed by atoms with Crippen LogP contribution in [-0.2, 0) is 4.79 Å². The second-order valence-electron chi connectivity index (χ2n) is 3.82. The highest BCUT2D eigenvalue weighted by molar-refractivity contribution is 9.09. The Morgan fingerprint density at radius 3 is 2.56 bits per heavy atom. The van der Waals surface area contributed by atoms with E-state index in [4.69, 9.17) is 0 Å². The number of carbonyl (C=O) groups excluding carboxylic acids is 1. The molecule has 0 aromatic heterocycles. The lowest BCUT2D eigenvalue weighted by Gasteiger charge is -2.16. The van der Waals surface area contributed by atoms with E-state index in [9.17, 15) is 23.7 Å². The van der Waals surface area contributed by atoms with Crippen molar-refractivity contribution in [2.24, 2.45) is 0 Å². The van der Waals surface area contributed by atoms with E-state index in [-0.39, 0.29) is 29.4 Å². The average Bonchev–Trinajstić information content (AvgIpc) is 2.57. The van der Waals surface area contributed by atoms with Gasteiger partial charge in [-0.25, -0.2) is 4.39 Å². The quantitative estimate of drug-likeness (QED) is 0.477. The summed E-state index contributed by atoms with van der Waals surface area (Å²) in [7, 11) is 0. The Labute approximate surface area is 109 Å². The van der Waals surface area contributed by atoms with Crippen LogP contribution in [0.5, 0.6) is 0 Å². The topological polar surface area (TPSA) is 63.5 Å². The van der Waals surface area contributed by atoms with Crippen LogP contribution in [0.2, 0.25) is 0 Å². The fourth-order valence-electron chi connectivity index (χ4n) is 1.77. The summed E-state index contributed by atoms with van der Waals surface area (Å²) in [6.07, 6.45) is 0.171. The van der Waals surface area contributed by atoms with E-state index in [0.717, 1.165) is 11.0 Å². The van der Waals surface area contributed by atoms with Crippen LogP contribution in [0.4, 0.5) is 20.2 Å². The Morgan fingerprint density at radius 1 is 1.39 bits per heavy atom. The molecule has 1 aliphatic heterocycles. The first kappa shape index (κ1) is 12.9. The zero-order valence-corrected chi connectivity index (χ0v) is 10.5. The van der Waals surface area contributed by atoms with Crippen molar-refractivity contribution in [3.63, 3.8) is 0 Å². The highest BCUT2D eigenvalue weighted by atomic mass is 79.9. The van der Waals surface area contributed by atoms with E-state index in [1.54, 1.807) is 0 Å². The Morgan fingerprint density at radius 2 is 2.06 bits per heavy atom. The number of nitrogens with zero attached hydrogens (tertiary/aromatic N) is 2. The molecule has 1 fully saturated rings. The van der Waals surface area contributed by atoms with Crippen molar-refractivity contribution in [1.82, 2.24) is 0 Å². The van der Waals surface area contributed by atoms with Gasteiger partial charge in [0, 0.05) is 29.9 Å². The molecule has 1 atom stereocenters. The van der Waals surface area contributed by atoms with E-state index in [1.165, 1.54) is 0 Å². The fourth-order valence-corrected chi connectivity index (χ4v) is 2.34. The van der Waals surface area contributed by atoms with Crippen LogP contribution < -0.4 is 4.90 Å². The molecule has 0 saturated carbocycles. The van der Waals surface area contributed by atoms with Gasteiger partial charge in [-0.2, -0.15) is 4.39 Å². The van der Waals surface area contributed by atoms with Gasteiger partial charge in [-0.3, -0.25) is 14.9 Å². The van der Waals surface area contributed by atoms with Crippen molar-refractivity contribution in [3.8, 4) is 0 Å². The summed E-state index contributed by atoms with van der Waals surface area (Å²) in [5, 5.41) is 10.6. The van der Waals surface area contributed by atoms with Crippen molar-refractivity contribution in [1.29, 1.82) is 0 Å². The molecule has 5 nitrogen and oxygen atoms in total. The zero-order valence-electron chi connectivity index (χ0n) is 8.90. The standard InChI is InChI=1S/C10H7BrF2N2O3/c11-5-1-10(16)14(4-5)8-3-9(15(17)18)7(13)2-6(8)12/h2-3,5H,1,4H2. The molecule has 1 unspecified atom stereocenters. The van der Waals surface area contributed by atoms with Crippen LogP contribution >= 0.6 is 15.9 Å². The van der Waals surface area contributed by atoms with Crippen LogP contribution in [0.15, 0.2) is 12.1 Å². The first-order valence-electron chi connectivity index (χ1n) is 4.98. The molecule has 0 spiro atoms. The van der Waals surface area contributed by atoms with Crippen LogP contribution in [0, 0.1) is 21.7 Å². The Kier molecular flexibility index (Phi) is 3.29. The molecule has 1 aromatic carbocycles. The molecule has 0 aliphatic carbocycles. The maximum atomic E-state index is 13.6. The van der Waals surface area contributed by atoms with Crippen LogP contribution in [0.25, 0.3) is 0 Å². The van der Waals surface area contributed by atoms with Crippen molar-refractivity contribution < 1.29 is 18.5 Å². The second kappa shape index (κ2) is 4.60. The predicted molar refractivity (Wildman–Crippen MR) is 62.7 cm³/mol. The van der Waals surface area contributed by atoms with Crippen molar-refractivity contribution in [2.45, 2.75) is 11.2 Å². The summed E-state index contributed by atoms with van der Waals surface area (Å²) < 4.78 is 26.7. The third-order valence-electron chi connectivity index (χ3n) is 2.58. The lowest BCUT2D eigenvalue weighted by Crippen LogP contribution is -2.25. The average molecular weight is 321 g/mol. The number of benzene rings is 1. The molecule has 1 aliphatic rings. The first-order valence-corrected chi connectivity index (χ1v) is 5.89. The van der Waals surface area contributed by atoms with Crippen LogP contribution in [-0.4, -0.2) is 22.2 Å². The summed E-state index contributed by atoms with van der Waals surface area (Å²) >= 11 is 3.21. The van der Waals surface area contributed by atoms with Gasteiger partial charge >= 0.3 is 5.69 Å². The number of carbonyl (C=O) groups is 1. The maximum Gasteiger partial charge on any atom is 0.307 e. The van der Waals surface area contributed by atoms with E-state index < -0.39 is 22.2 Å². The van der Waals surface area contributed by atoms with Gasteiger partial charge in [-0.15, -0.1) is 0 Å². The van der Waals surface area contributed by atoms with Gasteiger partial charge in [0.15, 0.2) is 0 Å². The van der Waals surface area contributed by atoms with E-state index in [0.29, 0.717) is 6.07 Å². The SMILES string of the molecule is O=C1CC(Br)CN1c1cc([N+](=O)[O-])c(F)cc1F. The van der Waals surface area contributed by atoms with Crippen molar-refractivity contribution in [3.05, 3.63) is 33.9 Å². The number of alkyl halides is 1. The molecule has 1 saturated heterocycles. The highest BCUT2D eigenvalue weighted by Crippen LogP contribution is 2.32. The number of nitro benzene ring substituents is 1. The number of halogens is 3. The minimum atomic E-state index is -1.26. The minimum Gasteiger partial charge on any atom is -0.308 e. The molecule has 18 heavy (non-hydrogen) atoms. The summed E-state index contributed by atoms with van der Waals surface area (Å²) in [6.45, 7) is 0.193. The smallest absolute Gasteiger partial charge is 0.307 e. The van der Waals surface area contributed by atoms with Gasteiger partial charge < -0.3 is 4.90 Å². The first-order chi connectivity index (χ1) is 8.40. The molecule has 96 valence electrons. The molecule has 2 rings (SSSR count). The van der Waals surface area contributed by atoms with Crippen LogP contribution in [0.1, 0.15) is 6.42 Å². The van der Waals surface area contributed by atoms with Gasteiger partial charge in [0.2, 0.25) is 11.7 Å². The third kappa shape index (κ3) is 2.20. The lowest BCUT2D eigenvalue weighted by atomic mass is 10.2. The van der Waals surface area contributed by atoms with Gasteiger partial charge in [-0.1, -0.05) is 15.9 Å². The van der Waals surface area contributed by atoms with Crippen molar-refractivity contribution >= 4 is 33.2 Å². The molecule has 1 heterocycles. The summed E-state index contributed by atoms with van der Waals surface area (Å²) in [5.74, 6) is -2.62. The van der Waals surface area contributed by atoms with Crippen LogP contribution in [0.3, 0.4) is 0 Å². The zero-order chi connectivity index (χ0) is 13.4. The van der Waals surface area contributed by atoms with E-state index in [1.807, 2.05) is 0 Å².